The van der Waals surface area contributed by atoms with Crippen molar-refractivity contribution in [3.63, 3.8) is 0 Å². The molecule has 0 aliphatic heterocycles. The average molecular weight is 258 g/mol. The minimum Gasteiger partial charge on any atom is -0.477 e. The lowest BCUT2D eigenvalue weighted by molar-refractivity contribution is 0.0526. The van der Waals surface area contributed by atoms with Gasteiger partial charge in [-0.05, 0) is 25.1 Å². The van der Waals surface area contributed by atoms with E-state index < -0.39 is 5.97 Å². The van der Waals surface area contributed by atoms with Crippen LogP contribution < -0.4 is 9.47 Å². The Morgan fingerprint density at radius 2 is 1.79 bits per heavy atom. The van der Waals surface area contributed by atoms with E-state index >= 15 is 0 Å². The van der Waals surface area contributed by atoms with Gasteiger partial charge in [0.15, 0.2) is 11.5 Å². The molecule has 0 spiro atoms. The second-order valence-electron chi connectivity index (χ2n) is 3.37. The standard InChI is InChI=1S/C15H14O4/c1-4-9-18-13-8-7-12(15(16)17-6-3)11-14(13)19-10-5-2/h1-2,7-8,11H,6,9-10H2,3H3. The molecule has 0 N–H and O–H groups in total. The van der Waals surface area contributed by atoms with Crippen LogP contribution in [0.2, 0.25) is 0 Å². The first-order valence-corrected chi connectivity index (χ1v) is 5.66. The minimum absolute atomic E-state index is 0.0681. The Morgan fingerprint density at radius 3 is 2.37 bits per heavy atom. The molecule has 0 saturated heterocycles. The van der Waals surface area contributed by atoms with E-state index in [1.807, 2.05) is 0 Å². The van der Waals surface area contributed by atoms with E-state index in [2.05, 4.69) is 11.8 Å². The molecule has 4 heteroatoms. The molecule has 1 aromatic rings. The molecule has 0 unspecified atom stereocenters. The summed E-state index contributed by atoms with van der Waals surface area (Å²) >= 11 is 0. The fourth-order valence-corrected chi connectivity index (χ4v) is 1.32. The van der Waals surface area contributed by atoms with Crippen molar-refractivity contribution >= 4 is 5.97 Å². The molecule has 0 fully saturated rings. The Kier molecular flexibility index (Phi) is 5.85. The lowest BCUT2D eigenvalue weighted by atomic mass is 10.2. The third-order valence-electron chi connectivity index (χ3n) is 2.08. The molecule has 0 aliphatic rings. The average Bonchev–Trinajstić information content (AvgIpc) is 2.43. The predicted molar refractivity (Wildman–Crippen MR) is 71.1 cm³/mol. The van der Waals surface area contributed by atoms with Crippen molar-refractivity contribution in [3.05, 3.63) is 23.8 Å². The van der Waals surface area contributed by atoms with Gasteiger partial charge < -0.3 is 14.2 Å². The van der Waals surface area contributed by atoms with E-state index in [1.54, 1.807) is 19.1 Å². The van der Waals surface area contributed by atoms with Gasteiger partial charge in [0.25, 0.3) is 0 Å². The van der Waals surface area contributed by atoms with Crippen molar-refractivity contribution in [1.29, 1.82) is 0 Å². The van der Waals surface area contributed by atoms with Crippen LogP contribution in [0.3, 0.4) is 0 Å². The zero-order chi connectivity index (χ0) is 14.1. The maximum absolute atomic E-state index is 11.6. The van der Waals surface area contributed by atoms with E-state index in [0.717, 1.165) is 0 Å². The number of esters is 1. The van der Waals surface area contributed by atoms with E-state index in [1.165, 1.54) is 6.07 Å². The predicted octanol–water partition coefficient (Wildman–Crippen LogP) is 1.89. The Balaban J connectivity index is 2.97. The van der Waals surface area contributed by atoms with Gasteiger partial charge in [-0.15, -0.1) is 12.8 Å². The third-order valence-corrected chi connectivity index (χ3v) is 2.08. The quantitative estimate of drug-likeness (QED) is 0.577. The van der Waals surface area contributed by atoms with E-state index in [9.17, 15) is 4.79 Å². The van der Waals surface area contributed by atoms with Crippen LogP contribution >= 0.6 is 0 Å². The minimum atomic E-state index is -0.434. The summed E-state index contributed by atoms with van der Waals surface area (Å²) in [6, 6.07) is 4.68. The van der Waals surface area contributed by atoms with Gasteiger partial charge in [0, 0.05) is 0 Å². The molecule has 0 amide bonds. The molecule has 0 aromatic heterocycles. The summed E-state index contributed by atoms with van der Waals surface area (Å²) in [6.07, 6.45) is 10.3. The van der Waals surface area contributed by atoms with E-state index in [0.29, 0.717) is 23.7 Å². The molecule has 98 valence electrons. The number of carbonyl (C=O) groups is 1. The zero-order valence-electron chi connectivity index (χ0n) is 10.6. The molecule has 1 aromatic carbocycles. The highest BCUT2D eigenvalue weighted by Crippen LogP contribution is 2.28. The van der Waals surface area contributed by atoms with Crippen LogP contribution in [0, 0.1) is 24.7 Å². The van der Waals surface area contributed by atoms with Crippen molar-refractivity contribution in [2.75, 3.05) is 19.8 Å². The van der Waals surface area contributed by atoms with E-state index in [-0.39, 0.29) is 13.2 Å². The van der Waals surface area contributed by atoms with Gasteiger partial charge in [-0.3, -0.25) is 0 Å². The summed E-state index contributed by atoms with van der Waals surface area (Å²) in [6.45, 7) is 2.20. The van der Waals surface area contributed by atoms with Gasteiger partial charge in [-0.25, -0.2) is 4.79 Å². The van der Waals surface area contributed by atoms with Gasteiger partial charge >= 0.3 is 5.97 Å². The lowest BCUT2D eigenvalue weighted by Gasteiger charge is -2.11. The van der Waals surface area contributed by atoms with Crippen LogP contribution in [-0.4, -0.2) is 25.8 Å². The number of rotatable bonds is 6. The number of hydrogen-bond acceptors (Lipinski definition) is 4. The number of hydrogen-bond donors (Lipinski definition) is 0. The van der Waals surface area contributed by atoms with Gasteiger partial charge in [0.05, 0.1) is 12.2 Å². The van der Waals surface area contributed by atoms with Gasteiger partial charge in [0.2, 0.25) is 0 Å². The van der Waals surface area contributed by atoms with Crippen LogP contribution in [0.4, 0.5) is 0 Å². The molecule has 0 heterocycles. The van der Waals surface area contributed by atoms with Gasteiger partial charge in [0.1, 0.15) is 13.2 Å². The summed E-state index contributed by atoms with van der Waals surface area (Å²) in [5.41, 5.74) is 0.363. The maximum atomic E-state index is 11.6. The molecule has 0 saturated carbocycles. The second-order valence-corrected chi connectivity index (χ2v) is 3.37. The number of carbonyl (C=O) groups excluding carboxylic acids is 1. The topological polar surface area (TPSA) is 44.8 Å². The summed E-state index contributed by atoms with van der Waals surface area (Å²) in [5, 5.41) is 0. The Morgan fingerprint density at radius 1 is 1.16 bits per heavy atom. The molecule has 4 nitrogen and oxygen atoms in total. The first-order valence-electron chi connectivity index (χ1n) is 5.66. The Hall–Kier alpha value is -2.59. The number of terminal acetylenes is 2. The molecule has 19 heavy (non-hydrogen) atoms. The fourth-order valence-electron chi connectivity index (χ4n) is 1.32. The smallest absolute Gasteiger partial charge is 0.338 e. The Labute approximate surface area is 112 Å². The summed E-state index contributed by atoms with van der Waals surface area (Å²) in [7, 11) is 0. The summed E-state index contributed by atoms with van der Waals surface area (Å²) in [4.78, 5) is 11.6. The van der Waals surface area contributed by atoms with Crippen LogP contribution in [0.5, 0.6) is 11.5 Å². The van der Waals surface area contributed by atoms with Crippen LogP contribution in [0.1, 0.15) is 17.3 Å². The van der Waals surface area contributed by atoms with Gasteiger partial charge in [-0.2, -0.15) is 0 Å². The van der Waals surface area contributed by atoms with Crippen molar-refractivity contribution < 1.29 is 19.0 Å². The molecular weight excluding hydrogens is 244 g/mol. The van der Waals surface area contributed by atoms with Crippen LogP contribution in [-0.2, 0) is 4.74 Å². The Bertz CT molecular complexity index is 520. The molecular formula is C15H14O4. The highest BCUT2D eigenvalue weighted by molar-refractivity contribution is 5.90. The van der Waals surface area contributed by atoms with Crippen molar-refractivity contribution in [3.8, 4) is 36.2 Å². The SMILES string of the molecule is C#CCOc1ccc(C(=O)OCC)cc1OCC#C. The zero-order valence-corrected chi connectivity index (χ0v) is 10.6. The second kappa shape index (κ2) is 7.68. The first-order chi connectivity index (χ1) is 9.22. The largest absolute Gasteiger partial charge is 0.477 e. The highest BCUT2D eigenvalue weighted by Gasteiger charge is 2.12. The molecule has 0 atom stereocenters. The normalized spacial score (nSPS) is 9.00. The lowest BCUT2D eigenvalue weighted by Crippen LogP contribution is -2.06. The summed E-state index contributed by atoms with van der Waals surface area (Å²) in [5.74, 6) is 5.04. The number of benzene rings is 1. The molecule has 0 bridgehead atoms. The molecule has 0 radical (unpaired) electrons. The monoisotopic (exact) mass is 258 g/mol. The van der Waals surface area contributed by atoms with Crippen LogP contribution in [0.15, 0.2) is 18.2 Å². The van der Waals surface area contributed by atoms with Crippen molar-refractivity contribution in [2.45, 2.75) is 6.92 Å². The van der Waals surface area contributed by atoms with Crippen molar-refractivity contribution in [2.24, 2.45) is 0 Å². The van der Waals surface area contributed by atoms with Gasteiger partial charge in [-0.1, -0.05) is 11.8 Å². The third kappa shape index (κ3) is 4.29. The summed E-state index contributed by atoms with van der Waals surface area (Å²) < 4.78 is 15.5. The van der Waals surface area contributed by atoms with Crippen LogP contribution in [0.25, 0.3) is 0 Å². The van der Waals surface area contributed by atoms with Crippen molar-refractivity contribution in [1.82, 2.24) is 0 Å². The maximum Gasteiger partial charge on any atom is 0.338 e. The van der Waals surface area contributed by atoms with E-state index in [4.69, 9.17) is 27.1 Å². The number of ether oxygens (including phenoxy) is 3. The highest BCUT2D eigenvalue weighted by atomic mass is 16.5. The first kappa shape index (κ1) is 14.5. The molecule has 0 aliphatic carbocycles. The molecule has 1 rings (SSSR count). The fraction of sp³-hybridized carbons (Fsp3) is 0.267.